The molecule has 3 aromatic rings. The Balaban J connectivity index is 1.86. The van der Waals surface area contributed by atoms with Crippen molar-refractivity contribution in [1.29, 1.82) is 0 Å². The number of aryl methyl sites for hydroxylation is 1. The number of hydrazine groups is 1. The Morgan fingerprint density at radius 3 is 2.45 bits per heavy atom. The summed E-state index contributed by atoms with van der Waals surface area (Å²) in [4.78, 5) is 38.5. The van der Waals surface area contributed by atoms with Crippen LogP contribution < -0.4 is 21.1 Å². The smallest absolute Gasteiger partial charge is 0.290 e. The topological polar surface area (TPSA) is 102 Å². The molecule has 3 rings (SSSR count). The SMILES string of the molecule is CCn1nc(C(=O)NNC(=O)c2ccc(SC)cc2OC)c2ccccc2c1=O. The van der Waals surface area contributed by atoms with Crippen LogP contribution in [0.4, 0.5) is 0 Å². The molecule has 0 bridgehead atoms. The Morgan fingerprint density at radius 1 is 1.10 bits per heavy atom. The average molecular weight is 412 g/mol. The molecule has 1 heterocycles. The summed E-state index contributed by atoms with van der Waals surface area (Å²) in [7, 11) is 1.47. The molecule has 0 unspecified atom stereocenters. The lowest BCUT2D eigenvalue weighted by Gasteiger charge is -2.12. The van der Waals surface area contributed by atoms with E-state index in [0.717, 1.165) is 4.90 Å². The number of carbonyl (C=O) groups excluding carboxylic acids is 2. The number of rotatable bonds is 5. The number of nitrogens with zero attached hydrogens (tertiary/aromatic N) is 2. The van der Waals surface area contributed by atoms with Gasteiger partial charge in [0.1, 0.15) is 5.75 Å². The van der Waals surface area contributed by atoms with E-state index in [2.05, 4.69) is 16.0 Å². The summed E-state index contributed by atoms with van der Waals surface area (Å²) in [6.07, 6.45) is 1.92. The van der Waals surface area contributed by atoms with Crippen LogP contribution in [0.15, 0.2) is 52.2 Å². The second-order valence-corrected chi connectivity index (χ2v) is 6.87. The van der Waals surface area contributed by atoms with Gasteiger partial charge in [-0.15, -0.1) is 11.8 Å². The maximum Gasteiger partial charge on any atom is 0.290 e. The van der Waals surface area contributed by atoms with Crippen LogP contribution in [-0.2, 0) is 6.54 Å². The highest BCUT2D eigenvalue weighted by Gasteiger charge is 2.18. The van der Waals surface area contributed by atoms with E-state index in [-0.39, 0.29) is 16.8 Å². The molecule has 0 atom stereocenters. The van der Waals surface area contributed by atoms with Gasteiger partial charge in [-0.2, -0.15) is 5.10 Å². The van der Waals surface area contributed by atoms with Gasteiger partial charge in [-0.3, -0.25) is 25.2 Å². The number of methoxy groups -OCH3 is 1. The molecule has 0 saturated heterocycles. The van der Waals surface area contributed by atoms with E-state index in [1.54, 1.807) is 49.4 Å². The third-order valence-electron chi connectivity index (χ3n) is 4.33. The second kappa shape index (κ2) is 8.78. The third kappa shape index (κ3) is 4.09. The molecule has 2 N–H and O–H groups in total. The highest BCUT2D eigenvalue weighted by Crippen LogP contribution is 2.25. The van der Waals surface area contributed by atoms with E-state index in [1.807, 2.05) is 6.26 Å². The minimum absolute atomic E-state index is 0.0482. The number of thioether (sulfide) groups is 1. The number of amides is 2. The van der Waals surface area contributed by atoms with E-state index >= 15 is 0 Å². The van der Waals surface area contributed by atoms with Crippen molar-refractivity contribution in [3.05, 3.63) is 64.1 Å². The van der Waals surface area contributed by atoms with Gasteiger partial charge in [0, 0.05) is 16.8 Å². The monoisotopic (exact) mass is 412 g/mol. The first-order chi connectivity index (χ1) is 14.0. The normalized spacial score (nSPS) is 10.6. The summed E-state index contributed by atoms with van der Waals surface area (Å²) in [5.41, 5.74) is 4.79. The molecule has 150 valence electrons. The highest BCUT2D eigenvalue weighted by molar-refractivity contribution is 7.98. The molecule has 0 spiro atoms. The number of carbonyl (C=O) groups is 2. The molecule has 1 aromatic heterocycles. The van der Waals surface area contributed by atoms with Gasteiger partial charge >= 0.3 is 0 Å². The minimum Gasteiger partial charge on any atom is -0.496 e. The molecule has 0 fully saturated rings. The molecule has 2 amide bonds. The van der Waals surface area contributed by atoms with Crippen LogP contribution in [0.2, 0.25) is 0 Å². The lowest BCUT2D eigenvalue weighted by molar-refractivity contribution is 0.0842. The van der Waals surface area contributed by atoms with Crippen LogP contribution in [0.1, 0.15) is 27.8 Å². The maximum atomic E-state index is 12.7. The molecule has 0 aliphatic carbocycles. The number of nitrogens with one attached hydrogen (secondary N) is 2. The van der Waals surface area contributed by atoms with Gasteiger partial charge in [0.05, 0.1) is 18.1 Å². The maximum absolute atomic E-state index is 12.7. The van der Waals surface area contributed by atoms with Gasteiger partial charge in [-0.05, 0) is 37.4 Å². The minimum atomic E-state index is -0.628. The van der Waals surface area contributed by atoms with Crippen LogP contribution >= 0.6 is 11.8 Å². The summed E-state index contributed by atoms with van der Waals surface area (Å²) in [6.45, 7) is 2.08. The molecule has 8 nitrogen and oxygen atoms in total. The molecular formula is C20H20N4O4S. The first-order valence-electron chi connectivity index (χ1n) is 8.82. The first kappa shape index (κ1) is 20.4. The van der Waals surface area contributed by atoms with E-state index in [1.165, 1.54) is 23.6 Å². The van der Waals surface area contributed by atoms with Crippen molar-refractivity contribution in [2.75, 3.05) is 13.4 Å². The number of benzene rings is 2. The van der Waals surface area contributed by atoms with Crippen molar-refractivity contribution in [3.8, 4) is 5.75 Å². The zero-order valence-electron chi connectivity index (χ0n) is 16.2. The summed E-state index contributed by atoms with van der Waals surface area (Å²) in [5, 5.41) is 4.94. The Kier molecular flexibility index (Phi) is 6.18. The third-order valence-corrected chi connectivity index (χ3v) is 5.05. The predicted molar refractivity (Wildman–Crippen MR) is 111 cm³/mol. The standard InChI is InChI=1S/C20H20N4O4S/c1-4-24-20(27)14-8-6-5-7-13(14)17(23-24)19(26)22-21-18(25)15-10-9-12(29-3)11-16(15)28-2/h5-11H,4H2,1-3H3,(H,21,25)(H,22,26). The van der Waals surface area contributed by atoms with E-state index < -0.39 is 11.8 Å². The number of hydrogen-bond donors (Lipinski definition) is 2. The summed E-state index contributed by atoms with van der Waals surface area (Å²) < 4.78 is 6.48. The Morgan fingerprint density at radius 2 is 1.79 bits per heavy atom. The number of ether oxygens (including phenoxy) is 1. The molecule has 0 radical (unpaired) electrons. The quantitative estimate of drug-likeness (QED) is 0.492. The van der Waals surface area contributed by atoms with E-state index in [9.17, 15) is 14.4 Å². The molecule has 0 saturated carbocycles. The van der Waals surface area contributed by atoms with E-state index in [4.69, 9.17) is 4.74 Å². The van der Waals surface area contributed by atoms with Gasteiger partial charge < -0.3 is 4.74 Å². The number of aromatic nitrogens is 2. The molecule has 0 aliphatic heterocycles. The van der Waals surface area contributed by atoms with Crippen molar-refractivity contribution in [2.45, 2.75) is 18.4 Å². The van der Waals surface area contributed by atoms with Crippen LogP contribution in [0.3, 0.4) is 0 Å². The largest absolute Gasteiger partial charge is 0.496 e. The number of fused-ring (bicyclic) bond motifs is 1. The fourth-order valence-electron chi connectivity index (χ4n) is 2.84. The zero-order valence-corrected chi connectivity index (χ0v) is 17.0. The fourth-order valence-corrected chi connectivity index (χ4v) is 3.27. The Bertz CT molecular complexity index is 1140. The second-order valence-electron chi connectivity index (χ2n) is 5.99. The van der Waals surface area contributed by atoms with E-state index in [0.29, 0.717) is 23.1 Å². The molecule has 29 heavy (non-hydrogen) atoms. The molecule has 9 heteroatoms. The summed E-state index contributed by atoms with van der Waals surface area (Å²) >= 11 is 1.52. The van der Waals surface area contributed by atoms with Crippen molar-refractivity contribution in [1.82, 2.24) is 20.6 Å². The average Bonchev–Trinajstić information content (AvgIpc) is 2.77. The van der Waals surface area contributed by atoms with Crippen molar-refractivity contribution in [2.24, 2.45) is 0 Å². The molecule has 0 aliphatic rings. The van der Waals surface area contributed by atoms with Crippen LogP contribution in [0.5, 0.6) is 5.75 Å². The van der Waals surface area contributed by atoms with Crippen molar-refractivity contribution >= 4 is 34.3 Å². The van der Waals surface area contributed by atoms with Crippen molar-refractivity contribution in [3.63, 3.8) is 0 Å². The lowest BCUT2D eigenvalue weighted by Crippen LogP contribution is -2.43. The van der Waals surface area contributed by atoms with Gasteiger partial charge in [0.15, 0.2) is 5.69 Å². The molecule has 2 aromatic carbocycles. The van der Waals surface area contributed by atoms with Crippen LogP contribution in [0.25, 0.3) is 10.8 Å². The highest BCUT2D eigenvalue weighted by atomic mass is 32.2. The fraction of sp³-hybridized carbons (Fsp3) is 0.200. The lowest BCUT2D eigenvalue weighted by atomic mass is 10.1. The van der Waals surface area contributed by atoms with Crippen LogP contribution in [0, 0.1) is 0 Å². The Labute approximate surface area is 171 Å². The first-order valence-corrected chi connectivity index (χ1v) is 10.0. The van der Waals surface area contributed by atoms with Crippen molar-refractivity contribution < 1.29 is 14.3 Å². The van der Waals surface area contributed by atoms with Crippen LogP contribution in [-0.4, -0.2) is 35.0 Å². The summed E-state index contributed by atoms with van der Waals surface area (Å²) in [6, 6.07) is 11.9. The van der Waals surface area contributed by atoms with Gasteiger partial charge in [-0.1, -0.05) is 18.2 Å². The van der Waals surface area contributed by atoms with Gasteiger partial charge in [-0.25, -0.2) is 4.68 Å². The Hall–Kier alpha value is -3.33. The predicted octanol–water partition coefficient (Wildman–Crippen LogP) is 2.22. The number of hydrogen-bond acceptors (Lipinski definition) is 6. The molecular weight excluding hydrogens is 392 g/mol. The zero-order chi connectivity index (χ0) is 21.0. The summed E-state index contributed by atoms with van der Waals surface area (Å²) in [5.74, 6) is -0.765. The van der Waals surface area contributed by atoms with Gasteiger partial charge in [0.25, 0.3) is 17.4 Å². The van der Waals surface area contributed by atoms with Gasteiger partial charge in [0.2, 0.25) is 0 Å².